The number of imide groups is 1. The largest absolute Gasteiger partial charge is 0.296 e. The van der Waals surface area contributed by atoms with Gasteiger partial charge in [0.25, 0.3) is 0 Å². The molecule has 1 aromatic rings. The highest BCUT2D eigenvalue weighted by molar-refractivity contribution is 6.00. The van der Waals surface area contributed by atoms with E-state index in [1.807, 2.05) is 31.2 Å². The van der Waals surface area contributed by atoms with Crippen LogP contribution < -0.4 is 5.32 Å². The first kappa shape index (κ1) is 9.90. The Hall–Kier alpha value is -1.64. The molecule has 3 heteroatoms. The molecule has 2 amide bonds. The van der Waals surface area contributed by atoms with Gasteiger partial charge in [-0.25, -0.2) is 0 Å². The minimum Gasteiger partial charge on any atom is -0.296 e. The summed E-state index contributed by atoms with van der Waals surface area (Å²) in [6.07, 6.45) is 1.05. The van der Waals surface area contributed by atoms with Crippen LogP contribution >= 0.6 is 0 Å². The Kier molecular flexibility index (Phi) is 2.54. The summed E-state index contributed by atoms with van der Waals surface area (Å²) in [6, 6.07) is 7.88. The second-order valence-corrected chi connectivity index (χ2v) is 3.91. The standard InChI is InChI=1S/C12H13NO2/c1-8-2-4-9(5-3-8)10-6-7-11(14)13-12(10)15/h2-5,10H,6-7H2,1H3,(H,13,14,15)/t10-/m1/s1. The van der Waals surface area contributed by atoms with Gasteiger partial charge >= 0.3 is 0 Å². The molecule has 0 aromatic heterocycles. The van der Waals surface area contributed by atoms with Gasteiger partial charge in [-0.3, -0.25) is 14.9 Å². The summed E-state index contributed by atoms with van der Waals surface area (Å²) in [5, 5.41) is 2.36. The fourth-order valence-electron chi connectivity index (χ4n) is 1.81. The van der Waals surface area contributed by atoms with Crippen molar-refractivity contribution in [3.63, 3.8) is 0 Å². The second kappa shape index (κ2) is 3.85. The molecule has 1 aromatic carbocycles. The number of piperidine rings is 1. The van der Waals surface area contributed by atoms with Crippen LogP contribution in [0, 0.1) is 6.92 Å². The van der Waals surface area contributed by atoms with Gasteiger partial charge in [-0.2, -0.15) is 0 Å². The maximum Gasteiger partial charge on any atom is 0.234 e. The SMILES string of the molecule is Cc1ccc([C@H]2CCC(=O)NC2=O)cc1. The Morgan fingerprint density at radius 2 is 1.87 bits per heavy atom. The third-order valence-corrected chi connectivity index (χ3v) is 2.72. The molecule has 1 heterocycles. The summed E-state index contributed by atoms with van der Waals surface area (Å²) in [6.45, 7) is 2.01. The Balaban J connectivity index is 2.20. The van der Waals surface area contributed by atoms with Gasteiger partial charge in [0, 0.05) is 6.42 Å². The third-order valence-electron chi connectivity index (χ3n) is 2.72. The van der Waals surface area contributed by atoms with E-state index in [0.29, 0.717) is 12.8 Å². The Morgan fingerprint density at radius 1 is 1.20 bits per heavy atom. The zero-order valence-corrected chi connectivity index (χ0v) is 8.62. The molecule has 1 atom stereocenters. The molecule has 0 aliphatic carbocycles. The Morgan fingerprint density at radius 3 is 2.47 bits per heavy atom. The molecule has 1 saturated heterocycles. The van der Waals surface area contributed by atoms with Crippen LogP contribution in [0.15, 0.2) is 24.3 Å². The van der Waals surface area contributed by atoms with Crippen molar-refractivity contribution in [2.45, 2.75) is 25.7 Å². The zero-order valence-electron chi connectivity index (χ0n) is 8.62. The fraction of sp³-hybridized carbons (Fsp3) is 0.333. The van der Waals surface area contributed by atoms with E-state index in [-0.39, 0.29) is 17.7 Å². The van der Waals surface area contributed by atoms with Gasteiger partial charge in [0.1, 0.15) is 0 Å². The smallest absolute Gasteiger partial charge is 0.234 e. The molecular weight excluding hydrogens is 190 g/mol. The lowest BCUT2D eigenvalue weighted by molar-refractivity contribution is -0.134. The number of aryl methyl sites for hydroxylation is 1. The molecular formula is C12H13NO2. The lowest BCUT2D eigenvalue weighted by Crippen LogP contribution is -2.39. The van der Waals surface area contributed by atoms with Crippen LogP contribution in [-0.4, -0.2) is 11.8 Å². The Bertz CT molecular complexity index is 395. The van der Waals surface area contributed by atoms with Crippen molar-refractivity contribution in [3.8, 4) is 0 Å². The minimum atomic E-state index is -0.171. The van der Waals surface area contributed by atoms with Crippen LogP contribution in [0.4, 0.5) is 0 Å². The van der Waals surface area contributed by atoms with Crippen LogP contribution in [0.25, 0.3) is 0 Å². The molecule has 0 spiro atoms. The minimum absolute atomic E-state index is 0.164. The summed E-state index contributed by atoms with van der Waals surface area (Å²) >= 11 is 0. The van der Waals surface area contributed by atoms with E-state index in [2.05, 4.69) is 5.32 Å². The molecule has 0 radical (unpaired) electrons. The van der Waals surface area contributed by atoms with Crippen molar-refractivity contribution in [1.82, 2.24) is 5.32 Å². The molecule has 1 aliphatic heterocycles. The van der Waals surface area contributed by atoms with Crippen molar-refractivity contribution >= 4 is 11.8 Å². The zero-order chi connectivity index (χ0) is 10.8. The number of nitrogens with one attached hydrogen (secondary N) is 1. The topological polar surface area (TPSA) is 46.2 Å². The average Bonchev–Trinajstić information content (AvgIpc) is 2.20. The van der Waals surface area contributed by atoms with E-state index in [4.69, 9.17) is 0 Å². The highest BCUT2D eigenvalue weighted by atomic mass is 16.2. The van der Waals surface area contributed by atoms with Crippen LogP contribution in [-0.2, 0) is 9.59 Å². The molecule has 15 heavy (non-hydrogen) atoms. The summed E-state index contributed by atoms with van der Waals surface area (Å²) in [5.41, 5.74) is 2.16. The molecule has 1 aliphatic rings. The second-order valence-electron chi connectivity index (χ2n) is 3.91. The first-order valence-electron chi connectivity index (χ1n) is 5.07. The van der Waals surface area contributed by atoms with Crippen molar-refractivity contribution in [3.05, 3.63) is 35.4 Å². The predicted octanol–water partition coefficient (Wildman–Crippen LogP) is 1.52. The number of amides is 2. The summed E-state index contributed by atoms with van der Waals surface area (Å²) in [7, 11) is 0. The van der Waals surface area contributed by atoms with Crippen molar-refractivity contribution in [2.24, 2.45) is 0 Å². The first-order chi connectivity index (χ1) is 7.16. The van der Waals surface area contributed by atoms with Gasteiger partial charge in [0.15, 0.2) is 0 Å². The van der Waals surface area contributed by atoms with Crippen molar-refractivity contribution in [2.75, 3.05) is 0 Å². The monoisotopic (exact) mass is 203 g/mol. The molecule has 0 saturated carbocycles. The molecule has 0 bridgehead atoms. The molecule has 78 valence electrons. The average molecular weight is 203 g/mol. The lowest BCUT2D eigenvalue weighted by Gasteiger charge is -2.21. The number of benzene rings is 1. The molecule has 3 nitrogen and oxygen atoms in total. The third kappa shape index (κ3) is 2.06. The predicted molar refractivity (Wildman–Crippen MR) is 56.3 cm³/mol. The highest BCUT2D eigenvalue weighted by Crippen LogP contribution is 2.24. The highest BCUT2D eigenvalue weighted by Gasteiger charge is 2.27. The van der Waals surface area contributed by atoms with Gasteiger partial charge in [-0.1, -0.05) is 29.8 Å². The number of hydrogen-bond acceptors (Lipinski definition) is 2. The Labute approximate surface area is 88.5 Å². The fourth-order valence-corrected chi connectivity index (χ4v) is 1.81. The van der Waals surface area contributed by atoms with Crippen LogP contribution in [0.1, 0.15) is 29.9 Å². The first-order valence-corrected chi connectivity index (χ1v) is 5.07. The number of rotatable bonds is 1. The molecule has 1 fully saturated rings. The van der Waals surface area contributed by atoms with Gasteiger partial charge in [-0.05, 0) is 18.9 Å². The van der Waals surface area contributed by atoms with Gasteiger partial charge < -0.3 is 0 Å². The van der Waals surface area contributed by atoms with Crippen molar-refractivity contribution < 1.29 is 9.59 Å². The molecule has 2 rings (SSSR count). The number of hydrogen-bond donors (Lipinski definition) is 1. The van der Waals surface area contributed by atoms with Gasteiger partial charge in [0.05, 0.1) is 5.92 Å². The molecule has 0 unspecified atom stereocenters. The van der Waals surface area contributed by atoms with E-state index < -0.39 is 0 Å². The summed E-state index contributed by atoms with van der Waals surface area (Å²) in [5.74, 6) is -0.498. The lowest BCUT2D eigenvalue weighted by atomic mass is 9.90. The van der Waals surface area contributed by atoms with E-state index in [0.717, 1.165) is 5.56 Å². The van der Waals surface area contributed by atoms with Gasteiger partial charge in [0.2, 0.25) is 11.8 Å². The molecule has 1 N–H and O–H groups in total. The maximum absolute atomic E-state index is 11.6. The van der Waals surface area contributed by atoms with E-state index in [9.17, 15) is 9.59 Å². The number of carbonyl (C=O) groups excluding carboxylic acids is 2. The van der Waals surface area contributed by atoms with E-state index in [1.54, 1.807) is 0 Å². The van der Waals surface area contributed by atoms with Gasteiger partial charge in [-0.15, -0.1) is 0 Å². The van der Waals surface area contributed by atoms with E-state index >= 15 is 0 Å². The quantitative estimate of drug-likeness (QED) is 0.703. The normalized spacial score (nSPS) is 21.3. The van der Waals surface area contributed by atoms with E-state index in [1.165, 1.54) is 5.56 Å². The summed E-state index contributed by atoms with van der Waals surface area (Å²) < 4.78 is 0. The number of carbonyl (C=O) groups is 2. The summed E-state index contributed by atoms with van der Waals surface area (Å²) in [4.78, 5) is 22.5. The van der Waals surface area contributed by atoms with Crippen LogP contribution in [0.3, 0.4) is 0 Å². The van der Waals surface area contributed by atoms with Crippen molar-refractivity contribution in [1.29, 1.82) is 0 Å². The van der Waals surface area contributed by atoms with Crippen LogP contribution in [0.2, 0.25) is 0 Å². The van der Waals surface area contributed by atoms with Crippen LogP contribution in [0.5, 0.6) is 0 Å². The maximum atomic E-state index is 11.6.